The number of rotatable bonds is 7. The molecule has 0 bridgehead atoms. The lowest BCUT2D eigenvalue weighted by atomic mass is 10.0. The van der Waals surface area contributed by atoms with Crippen molar-refractivity contribution < 1.29 is 18.3 Å². The Morgan fingerprint density at radius 3 is 2.62 bits per heavy atom. The molecule has 8 heteroatoms. The summed E-state index contributed by atoms with van der Waals surface area (Å²) < 4.78 is 26.9. The van der Waals surface area contributed by atoms with Crippen LogP contribution >= 0.6 is 0 Å². The fourth-order valence-corrected chi connectivity index (χ4v) is 3.05. The van der Waals surface area contributed by atoms with Gasteiger partial charge in [-0.1, -0.05) is 30.3 Å². The predicted molar refractivity (Wildman–Crippen MR) is 75.0 cm³/mol. The fourth-order valence-electron chi connectivity index (χ4n) is 1.89. The molecule has 0 aliphatic carbocycles. The van der Waals surface area contributed by atoms with Crippen LogP contribution in [0.3, 0.4) is 0 Å². The number of nitrogens with zero attached hydrogens (tertiary/aromatic N) is 1. The first-order valence-corrected chi connectivity index (χ1v) is 7.75. The minimum Gasteiger partial charge on any atom is -0.481 e. The van der Waals surface area contributed by atoms with E-state index >= 15 is 0 Å². The molecule has 2 rings (SSSR count). The molecule has 0 spiro atoms. The zero-order chi connectivity index (χ0) is 15.3. The normalized spacial score (nSPS) is 13.0. The van der Waals surface area contributed by atoms with Crippen LogP contribution in [0, 0.1) is 0 Å². The van der Waals surface area contributed by atoms with Gasteiger partial charge in [0.2, 0.25) is 0 Å². The summed E-state index contributed by atoms with van der Waals surface area (Å²) in [6.45, 7) is 0. The van der Waals surface area contributed by atoms with E-state index in [2.05, 4.69) is 14.7 Å². The number of hydrogen-bond acceptors (Lipinski definition) is 4. The molecule has 1 heterocycles. The maximum absolute atomic E-state index is 12.2. The Balaban J connectivity index is 2.22. The summed E-state index contributed by atoms with van der Waals surface area (Å²) in [5, 5.41) is 8.74. The van der Waals surface area contributed by atoms with E-state index < -0.39 is 22.0 Å². The molecule has 0 saturated carbocycles. The van der Waals surface area contributed by atoms with Gasteiger partial charge in [0, 0.05) is 12.5 Å². The van der Waals surface area contributed by atoms with Gasteiger partial charge in [-0.15, -0.1) is 0 Å². The number of benzene rings is 1. The highest BCUT2D eigenvalue weighted by Gasteiger charge is 2.22. The molecular formula is C13H15N3O4S. The number of carboxylic acid groups (broad SMARTS) is 1. The summed E-state index contributed by atoms with van der Waals surface area (Å²) in [5.41, 5.74) is 0.710. The highest BCUT2D eigenvalue weighted by molar-refractivity contribution is 7.89. The van der Waals surface area contributed by atoms with Gasteiger partial charge >= 0.3 is 5.97 Å². The van der Waals surface area contributed by atoms with Crippen LogP contribution in [-0.2, 0) is 14.8 Å². The van der Waals surface area contributed by atoms with E-state index in [9.17, 15) is 13.2 Å². The van der Waals surface area contributed by atoms with Crippen molar-refractivity contribution >= 4 is 16.0 Å². The smallest absolute Gasteiger partial charge is 0.303 e. The number of aliphatic carboxylic acids is 1. The van der Waals surface area contributed by atoms with Crippen LogP contribution in [0.15, 0.2) is 47.9 Å². The van der Waals surface area contributed by atoms with Crippen LogP contribution in [0.25, 0.3) is 0 Å². The second-order valence-electron chi connectivity index (χ2n) is 4.43. The van der Waals surface area contributed by atoms with Crippen molar-refractivity contribution in [1.82, 2.24) is 14.7 Å². The minimum absolute atomic E-state index is 0.0567. The number of carboxylic acids is 1. The van der Waals surface area contributed by atoms with Gasteiger partial charge < -0.3 is 10.1 Å². The molecule has 0 fully saturated rings. The van der Waals surface area contributed by atoms with Crippen molar-refractivity contribution in [2.24, 2.45) is 0 Å². The van der Waals surface area contributed by atoms with Gasteiger partial charge in [-0.3, -0.25) is 4.79 Å². The van der Waals surface area contributed by atoms with Gasteiger partial charge in [0.1, 0.15) is 0 Å². The van der Waals surface area contributed by atoms with E-state index in [0.29, 0.717) is 5.56 Å². The first-order chi connectivity index (χ1) is 9.99. The highest BCUT2D eigenvalue weighted by atomic mass is 32.2. The topological polar surface area (TPSA) is 112 Å². The van der Waals surface area contributed by atoms with E-state index in [4.69, 9.17) is 5.11 Å². The third kappa shape index (κ3) is 4.14. The van der Waals surface area contributed by atoms with E-state index in [1.807, 2.05) is 0 Å². The summed E-state index contributed by atoms with van der Waals surface area (Å²) in [6.07, 6.45) is 2.49. The molecule has 0 aliphatic heterocycles. The van der Waals surface area contributed by atoms with Crippen LogP contribution < -0.4 is 4.72 Å². The molecule has 0 radical (unpaired) electrons. The maximum atomic E-state index is 12.2. The number of hydrogen-bond donors (Lipinski definition) is 3. The van der Waals surface area contributed by atoms with Gasteiger partial charge in [0.05, 0.1) is 12.5 Å². The quantitative estimate of drug-likeness (QED) is 0.713. The van der Waals surface area contributed by atoms with Crippen LogP contribution in [-0.4, -0.2) is 29.5 Å². The first kappa shape index (κ1) is 15.2. The summed E-state index contributed by atoms with van der Waals surface area (Å²) in [7, 11) is -3.77. The molecule has 1 atom stereocenters. The van der Waals surface area contributed by atoms with E-state index in [1.54, 1.807) is 30.3 Å². The lowest BCUT2D eigenvalue weighted by Gasteiger charge is -2.17. The molecule has 0 saturated heterocycles. The average molecular weight is 309 g/mol. The molecule has 2 aromatic rings. The molecule has 3 N–H and O–H groups in total. The average Bonchev–Trinajstić information content (AvgIpc) is 2.99. The molecule has 1 unspecified atom stereocenters. The molecule has 1 aromatic heterocycles. The predicted octanol–water partition coefficient (Wildman–Crippen LogP) is 1.29. The summed E-state index contributed by atoms with van der Waals surface area (Å²) in [5.74, 6) is -0.975. The van der Waals surface area contributed by atoms with Crippen molar-refractivity contribution in [2.45, 2.75) is 23.9 Å². The number of aromatic amines is 1. The summed E-state index contributed by atoms with van der Waals surface area (Å²) in [6, 6.07) is 8.24. The molecule has 0 amide bonds. The van der Waals surface area contributed by atoms with E-state index in [1.165, 1.54) is 12.5 Å². The summed E-state index contributed by atoms with van der Waals surface area (Å²) in [4.78, 5) is 16.9. The van der Waals surface area contributed by atoms with E-state index in [-0.39, 0.29) is 17.9 Å². The number of carbonyl (C=O) groups is 1. The Kier molecular flexibility index (Phi) is 4.71. The van der Waals surface area contributed by atoms with E-state index in [0.717, 1.165) is 0 Å². The molecule has 1 aromatic carbocycles. The van der Waals surface area contributed by atoms with Crippen molar-refractivity contribution in [3.63, 3.8) is 0 Å². The van der Waals surface area contributed by atoms with Crippen molar-refractivity contribution in [3.05, 3.63) is 48.4 Å². The van der Waals surface area contributed by atoms with Gasteiger partial charge in [0.25, 0.3) is 10.0 Å². The fraction of sp³-hybridized carbons (Fsp3) is 0.231. The Labute approximate surface area is 122 Å². The molecular weight excluding hydrogens is 294 g/mol. The zero-order valence-electron chi connectivity index (χ0n) is 11.1. The Morgan fingerprint density at radius 2 is 2.05 bits per heavy atom. The standard InChI is InChI=1S/C13H15N3O4S/c17-13(18)7-6-11(10-4-2-1-3-5-10)16-21(19,20)12-8-14-9-15-12/h1-5,8-9,11,16H,6-7H2,(H,14,15)(H,17,18). The largest absolute Gasteiger partial charge is 0.481 e. The van der Waals surface area contributed by atoms with Crippen molar-refractivity contribution in [1.29, 1.82) is 0 Å². The number of aromatic nitrogens is 2. The number of imidazole rings is 1. The number of sulfonamides is 1. The van der Waals surface area contributed by atoms with Crippen LogP contribution in [0.4, 0.5) is 0 Å². The minimum atomic E-state index is -3.77. The van der Waals surface area contributed by atoms with Crippen molar-refractivity contribution in [2.75, 3.05) is 0 Å². The number of H-pyrrole nitrogens is 1. The Hall–Kier alpha value is -2.19. The van der Waals surface area contributed by atoms with Gasteiger partial charge in [-0.05, 0) is 12.0 Å². The van der Waals surface area contributed by atoms with Gasteiger partial charge in [-0.2, -0.15) is 0 Å². The molecule has 7 nitrogen and oxygen atoms in total. The van der Waals surface area contributed by atoms with Crippen molar-refractivity contribution in [3.8, 4) is 0 Å². The second kappa shape index (κ2) is 6.51. The van der Waals surface area contributed by atoms with Crippen LogP contribution in [0.5, 0.6) is 0 Å². The molecule has 0 aliphatic rings. The Bertz CT molecular complexity index is 683. The second-order valence-corrected chi connectivity index (χ2v) is 6.12. The van der Waals surface area contributed by atoms with Gasteiger partial charge in [-0.25, -0.2) is 18.1 Å². The first-order valence-electron chi connectivity index (χ1n) is 6.26. The molecule has 112 valence electrons. The maximum Gasteiger partial charge on any atom is 0.303 e. The van der Waals surface area contributed by atoms with Crippen LogP contribution in [0.2, 0.25) is 0 Å². The Morgan fingerprint density at radius 1 is 1.33 bits per heavy atom. The lowest BCUT2D eigenvalue weighted by Crippen LogP contribution is -2.29. The highest BCUT2D eigenvalue weighted by Crippen LogP contribution is 2.21. The third-order valence-electron chi connectivity index (χ3n) is 2.91. The summed E-state index contributed by atoms with van der Waals surface area (Å²) >= 11 is 0. The third-order valence-corrected chi connectivity index (χ3v) is 4.31. The number of nitrogens with one attached hydrogen (secondary N) is 2. The SMILES string of the molecule is O=C(O)CCC(NS(=O)(=O)c1cnc[nH]1)c1ccccc1. The van der Waals surface area contributed by atoms with Crippen LogP contribution in [0.1, 0.15) is 24.4 Å². The van der Waals surface area contributed by atoms with Gasteiger partial charge in [0.15, 0.2) is 5.03 Å². The zero-order valence-corrected chi connectivity index (χ0v) is 11.9. The molecule has 21 heavy (non-hydrogen) atoms. The monoisotopic (exact) mass is 309 g/mol. The lowest BCUT2D eigenvalue weighted by molar-refractivity contribution is -0.137.